The molecule has 0 saturated carbocycles. The molecule has 2 rings (SSSR count). The maximum atomic E-state index is 12.0. The Bertz CT molecular complexity index is 477. The van der Waals surface area contributed by atoms with E-state index in [0.717, 1.165) is 11.1 Å². The summed E-state index contributed by atoms with van der Waals surface area (Å²) in [5.74, 6) is -0.610. The number of carbonyl (C=O) groups excluding carboxylic acids is 2. The second-order valence-corrected chi connectivity index (χ2v) is 5.42. The van der Waals surface area contributed by atoms with Gasteiger partial charge in [0.05, 0.1) is 5.92 Å². The Morgan fingerprint density at radius 2 is 2.00 bits per heavy atom. The molecule has 1 unspecified atom stereocenters. The molecule has 0 aromatic heterocycles. The number of hydrogen-bond acceptors (Lipinski definition) is 2. The monoisotopic (exact) mass is 231 g/mol. The van der Waals surface area contributed by atoms with Gasteiger partial charge in [-0.25, -0.2) is 0 Å². The molecule has 1 heterocycles. The number of nitrogens with one attached hydrogen (secondary N) is 1. The summed E-state index contributed by atoms with van der Waals surface area (Å²) in [6, 6.07) is 7.92. The summed E-state index contributed by atoms with van der Waals surface area (Å²) >= 11 is 0. The van der Waals surface area contributed by atoms with E-state index in [9.17, 15) is 9.59 Å². The Balaban J connectivity index is 2.42. The number of benzene rings is 1. The maximum Gasteiger partial charge on any atom is 0.234 e. The zero-order valence-electron chi connectivity index (χ0n) is 10.4. The van der Waals surface area contributed by atoms with Crippen molar-refractivity contribution in [2.24, 2.45) is 5.41 Å². The van der Waals surface area contributed by atoms with Crippen molar-refractivity contribution < 1.29 is 9.59 Å². The lowest BCUT2D eigenvalue weighted by Crippen LogP contribution is -2.48. The first-order valence-electron chi connectivity index (χ1n) is 5.80. The van der Waals surface area contributed by atoms with Crippen molar-refractivity contribution in [1.82, 2.24) is 5.32 Å². The Morgan fingerprint density at radius 3 is 2.59 bits per heavy atom. The van der Waals surface area contributed by atoms with E-state index in [1.54, 1.807) is 0 Å². The number of piperidine rings is 1. The van der Waals surface area contributed by atoms with Crippen LogP contribution in [0.25, 0.3) is 0 Å². The van der Waals surface area contributed by atoms with Crippen LogP contribution in [-0.2, 0) is 9.59 Å². The van der Waals surface area contributed by atoms with E-state index in [4.69, 9.17) is 0 Å². The van der Waals surface area contributed by atoms with Crippen molar-refractivity contribution in [1.29, 1.82) is 0 Å². The predicted molar refractivity (Wildman–Crippen MR) is 65.5 cm³/mol. The van der Waals surface area contributed by atoms with Gasteiger partial charge in [-0.3, -0.25) is 14.9 Å². The number of carbonyl (C=O) groups is 2. The Labute approximate surface area is 101 Å². The van der Waals surface area contributed by atoms with Crippen LogP contribution in [0.3, 0.4) is 0 Å². The van der Waals surface area contributed by atoms with Gasteiger partial charge in [0.25, 0.3) is 0 Å². The first-order valence-corrected chi connectivity index (χ1v) is 5.80. The lowest BCUT2D eigenvalue weighted by Gasteiger charge is -2.37. The average molecular weight is 231 g/mol. The SMILES string of the molecule is Cc1cccc(C2C(=O)NC(=O)CC2(C)C)c1. The molecular formula is C14H17NO2. The summed E-state index contributed by atoms with van der Waals surface area (Å²) in [7, 11) is 0. The first-order chi connectivity index (χ1) is 7.90. The van der Waals surface area contributed by atoms with E-state index in [0.29, 0.717) is 6.42 Å². The molecule has 90 valence electrons. The van der Waals surface area contributed by atoms with Crippen molar-refractivity contribution in [3.63, 3.8) is 0 Å². The number of hydrogen-bond donors (Lipinski definition) is 1. The molecule has 17 heavy (non-hydrogen) atoms. The van der Waals surface area contributed by atoms with Crippen LogP contribution in [0.2, 0.25) is 0 Å². The van der Waals surface area contributed by atoms with Crippen LogP contribution >= 0.6 is 0 Å². The molecule has 0 bridgehead atoms. The van der Waals surface area contributed by atoms with E-state index in [2.05, 4.69) is 5.32 Å². The van der Waals surface area contributed by atoms with Gasteiger partial charge in [0.15, 0.2) is 0 Å². The van der Waals surface area contributed by atoms with Crippen molar-refractivity contribution in [3.05, 3.63) is 35.4 Å². The van der Waals surface area contributed by atoms with Crippen LogP contribution in [0.1, 0.15) is 37.3 Å². The molecule has 0 aliphatic carbocycles. The fourth-order valence-electron chi connectivity index (χ4n) is 2.58. The molecule has 3 heteroatoms. The Kier molecular flexibility index (Phi) is 2.77. The summed E-state index contributed by atoms with van der Waals surface area (Å²) < 4.78 is 0. The van der Waals surface area contributed by atoms with Crippen LogP contribution in [0.5, 0.6) is 0 Å². The van der Waals surface area contributed by atoms with E-state index >= 15 is 0 Å². The zero-order chi connectivity index (χ0) is 12.6. The van der Waals surface area contributed by atoms with Gasteiger partial charge in [-0.1, -0.05) is 43.7 Å². The topological polar surface area (TPSA) is 46.2 Å². The highest BCUT2D eigenvalue weighted by Gasteiger charge is 2.42. The summed E-state index contributed by atoms with van der Waals surface area (Å²) in [6.45, 7) is 5.94. The number of rotatable bonds is 1. The molecule has 1 aliphatic heterocycles. The van der Waals surface area contributed by atoms with Crippen molar-refractivity contribution in [2.45, 2.75) is 33.1 Å². The van der Waals surface area contributed by atoms with Crippen molar-refractivity contribution in [2.75, 3.05) is 0 Å². The summed E-state index contributed by atoms with van der Waals surface area (Å²) in [5.41, 5.74) is 1.79. The molecule has 1 fully saturated rings. The van der Waals surface area contributed by atoms with Gasteiger partial charge in [-0.05, 0) is 17.9 Å². The highest BCUT2D eigenvalue weighted by Crippen LogP contribution is 2.41. The zero-order valence-corrected chi connectivity index (χ0v) is 10.4. The third kappa shape index (κ3) is 2.23. The molecule has 1 saturated heterocycles. The highest BCUT2D eigenvalue weighted by molar-refractivity contribution is 6.02. The predicted octanol–water partition coefficient (Wildman–Crippen LogP) is 2.15. The van der Waals surface area contributed by atoms with Gasteiger partial charge in [-0.2, -0.15) is 0 Å². The number of aryl methyl sites for hydroxylation is 1. The quantitative estimate of drug-likeness (QED) is 0.753. The smallest absolute Gasteiger partial charge is 0.234 e. The molecule has 0 radical (unpaired) electrons. The summed E-state index contributed by atoms with van der Waals surface area (Å²) in [6.07, 6.45) is 0.386. The van der Waals surface area contributed by atoms with Gasteiger partial charge < -0.3 is 0 Å². The lowest BCUT2D eigenvalue weighted by atomic mass is 9.70. The molecule has 1 atom stereocenters. The fourth-order valence-corrected chi connectivity index (χ4v) is 2.58. The molecule has 1 aliphatic rings. The fraction of sp³-hybridized carbons (Fsp3) is 0.429. The normalized spacial score (nSPS) is 23.4. The third-order valence-electron chi connectivity index (χ3n) is 3.30. The Morgan fingerprint density at radius 1 is 1.29 bits per heavy atom. The molecule has 1 N–H and O–H groups in total. The molecule has 1 aromatic rings. The van der Waals surface area contributed by atoms with Gasteiger partial charge >= 0.3 is 0 Å². The van der Waals surface area contributed by atoms with Gasteiger partial charge in [0, 0.05) is 6.42 Å². The minimum absolute atomic E-state index is 0.177. The third-order valence-corrected chi connectivity index (χ3v) is 3.30. The van der Waals surface area contributed by atoms with Crippen LogP contribution < -0.4 is 5.32 Å². The maximum absolute atomic E-state index is 12.0. The van der Waals surface area contributed by atoms with E-state index in [-0.39, 0.29) is 23.1 Å². The standard InChI is InChI=1S/C14H17NO2/c1-9-5-4-6-10(7-9)12-13(17)15-11(16)8-14(12,2)3/h4-7,12H,8H2,1-3H3,(H,15,16,17). The molecule has 2 amide bonds. The highest BCUT2D eigenvalue weighted by atomic mass is 16.2. The van der Waals surface area contributed by atoms with E-state index in [1.807, 2.05) is 45.0 Å². The molecule has 0 spiro atoms. The van der Waals surface area contributed by atoms with Gasteiger partial charge in [-0.15, -0.1) is 0 Å². The van der Waals surface area contributed by atoms with Crippen LogP contribution in [0.15, 0.2) is 24.3 Å². The minimum Gasteiger partial charge on any atom is -0.296 e. The number of imide groups is 1. The van der Waals surface area contributed by atoms with Crippen molar-refractivity contribution in [3.8, 4) is 0 Å². The average Bonchev–Trinajstić information content (AvgIpc) is 2.13. The van der Waals surface area contributed by atoms with Gasteiger partial charge in [0.1, 0.15) is 0 Å². The largest absolute Gasteiger partial charge is 0.296 e. The van der Waals surface area contributed by atoms with E-state index in [1.165, 1.54) is 0 Å². The van der Waals surface area contributed by atoms with E-state index < -0.39 is 0 Å². The lowest BCUT2D eigenvalue weighted by molar-refractivity contribution is -0.138. The van der Waals surface area contributed by atoms with Crippen LogP contribution in [0, 0.1) is 12.3 Å². The van der Waals surface area contributed by atoms with Gasteiger partial charge in [0.2, 0.25) is 11.8 Å². The summed E-state index contributed by atoms with van der Waals surface area (Å²) in [5, 5.41) is 2.43. The molecule has 1 aromatic carbocycles. The molecule has 3 nitrogen and oxygen atoms in total. The Hall–Kier alpha value is -1.64. The number of amides is 2. The second kappa shape index (κ2) is 3.99. The minimum atomic E-state index is -0.326. The van der Waals surface area contributed by atoms with Crippen LogP contribution in [0.4, 0.5) is 0 Å². The first kappa shape index (κ1) is 11.8. The van der Waals surface area contributed by atoms with Crippen molar-refractivity contribution >= 4 is 11.8 Å². The van der Waals surface area contributed by atoms with Crippen LogP contribution in [-0.4, -0.2) is 11.8 Å². The molecular weight excluding hydrogens is 214 g/mol. The second-order valence-electron chi connectivity index (χ2n) is 5.42. The summed E-state index contributed by atoms with van der Waals surface area (Å²) in [4.78, 5) is 23.4.